The number of aryl methyl sites for hydroxylation is 2. The van der Waals surface area contributed by atoms with Gasteiger partial charge in [-0.2, -0.15) is 5.10 Å². The summed E-state index contributed by atoms with van der Waals surface area (Å²) >= 11 is 1.32. The molecule has 0 aromatic carbocycles. The van der Waals surface area contributed by atoms with Crippen LogP contribution in [0.25, 0.3) is 11.3 Å². The van der Waals surface area contributed by atoms with Gasteiger partial charge in [0.2, 0.25) is 0 Å². The molecule has 3 heterocycles. The fraction of sp³-hybridized carbons (Fsp3) is 0.214. The lowest BCUT2D eigenvalue weighted by Gasteiger charge is -2.07. The molecule has 0 atom stereocenters. The van der Waals surface area contributed by atoms with Crippen LogP contribution in [-0.4, -0.2) is 30.6 Å². The molecule has 0 saturated carbocycles. The molecule has 7 nitrogen and oxygen atoms in total. The van der Waals surface area contributed by atoms with Crippen LogP contribution in [0.1, 0.15) is 21.1 Å². The minimum atomic E-state index is -0.150. The second kappa shape index (κ2) is 6.02. The maximum atomic E-state index is 12.1. The fourth-order valence-electron chi connectivity index (χ4n) is 2.04. The highest BCUT2D eigenvalue weighted by molar-refractivity contribution is 7.11. The van der Waals surface area contributed by atoms with Crippen LogP contribution in [0.4, 0.5) is 0 Å². The summed E-state index contributed by atoms with van der Waals surface area (Å²) in [4.78, 5) is 25.5. The molecule has 8 heteroatoms. The molecule has 0 fully saturated rings. The van der Waals surface area contributed by atoms with Crippen LogP contribution in [0.2, 0.25) is 0 Å². The molecule has 3 aromatic heterocycles. The lowest BCUT2D eigenvalue weighted by Crippen LogP contribution is -2.23. The predicted octanol–water partition coefficient (Wildman–Crippen LogP) is 1.57. The van der Waals surface area contributed by atoms with Crippen LogP contribution in [-0.2, 0) is 13.6 Å². The molecule has 0 bridgehead atoms. The van der Waals surface area contributed by atoms with E-state index in [1.165, 1.54) is 11.3 Å². The van der Waals surface area contributed by atoms with Gasteiger partial charge in [-0.3, -0.25) is 19.4 Å². The van der Waals surface area contributed by atoms with Gasteiger partial charge in [-0.15, -0.1) is 11.3 Å². The van der Waals surface area contributed by atoms with Crippen molar-refractivity contribution < 1.29 is 4.79 Å². The van der Waals surface area contributed by atoms with Crippen molar-refractivity contribution in [3.8, 4) is 11.3 Å². The molecule has 3 aromatic rings. The molecule has 0 aliphatic carbocycles. The van der Waals surface area contributed by atoms with Crippen molar-refractivity contribution in [1.82, 2.24) is 30.0 Å². The monoisotopic (exact) mass is 314 g/mol. The summed E-state index contributed by atoms with van der Waals surface area (Å²) in [5.74, 6) is -0.150. The number of amides is 1. The van der Waals surface area contributed by atoms with Crippen molar-refractivity contribution in [2.45, 2.75) is 13.5 Å². The molecular formula is C14H14N6OS. The maximum absolute atomic E-state index is 12.1. The lowest BCUT2D eigenvalue weighted by molar-refractivity contribution is 0.0953. The second-order valence-electron chi connectivity index (χ2n) is 4.70. The molecule has 0 spiro atoms. The fourth-order valence-corrected chi connectivity index (χ4v) is 2.76. The van der Waals surface area contributed by atoms with Gasteiger partial charge in [-0.1, -0.05) is 0 Å². The normalized spacial score (nSPS) is 10.6. The summed E-state index contributed by atoms with van der Waals surface area (Å²) in [5.41, 5.74) is 4.68. The molecule has 112 valence electrons. The maximum Gasteiger partial charge on any atom is 0.263 e. The molecule has 3 rings (SSSR count). The Morgan fingerprint density at radius 3 is 2.82 bits per heavy atom. The zero-order valence-corrected chi connectivity index (χ0v) is 13.0. The Morgan fingerprint density at radius 2 is 2.14 bits per heavy atom. The van der Waals surface area contributed by atoms with Gasteiger partial charge in [0.1, 0.15) is 4.88 Å². The van der Waals surface area contributed by atoms with Crippen LogP contribution >= 0.6 is 11.3 Å². The van der Waals surface area contributed by atoms with Crippen LogP contribution in [0.15, 0.2) is 30.3 Å². The van der Waals surface area contributed by atoms with Crippen LogP contribution in [0.3, 0.4) is 0 Å². The SMILES string of the molecule is Cc1ncsc1C(=O)NCc1nccnc1-c1cnn(C)c1. The van der Waals surface area contributed by atoms with Crippen molar-refractivity contribution in [2.24, 2.45) is 7.05 Å². The highest BCUT2D eigenvalue weighted by atomic mass is 32.1. The number of hydrogen-bond acceptors (Lipinski definition) is 6. The van der Waals surface area contributed by atoms with E-state index < -0.39 is 0 Å². The Bertz CT molecular complexity index is 809. The average Bonchev–Trinajstić information content (AvgIpc) is 3.13. The van der Waals surface area contributed by atoms with E-state index >= 15 is 0 Å². The van der Waals surface area contributed by atoms with Gasteiger partial charge in [0.15, 0.2) is 0 Å². The molecule has 1 N–H and O–H groups in total. The minimum absolute atomic E-state index is 0.150. The highest BCUT2D eigenvalue weighted by Gasteiger charge is 2.14. The third kappa shape index (κ3) is 2.86. The highest BCUT2D eigenvalue weighted by Crippen LogP contribution is 2.19. The molecule has 0 radical (unpaired) electrons. The predicted molar refractivity (Wildman–Crippen MR) is 82.3 cm³/mol. The van der Waals surface area contributed by atoms with E-state index in [1.54, 1.807) is 28.8 Å². The number of carbonyl (C=O) groups is 1. The quantitative estimate of drug-likeness (QED) is 0.790. The van der Waals surface area contributed by atoms with E-state index in [-0.39, 0.29) is 5.91 Å². The first-order valence-corrected chi connectivity index (χ1v) is 7.50. The standard InChI is InChI=1S/C14H14N6OS/c1-9-13(22-8-18-9)14(21)17-6-11-12(16-4-3-15-11)10-5-19-20(2)7-10/h3-5,7-8H,6H2,1-2H3,(H,17,21). The van der Waals surface area contributed by atoms with Gasteiger partial charge in [0.05, 0.1) is 35.3 Å². The van der Waals surface area contributed by atoms with Crippen molar-refractivity contribution in [3.63, 3.8) is 0 Å². The average molecular weight is 314 g/mol. The Labute approximate surface area is 131 Å². The summed E-state index contributed by atoms with van der Waals surface area (Å²) in [6.45, 7) is 2.11. The lowest BCUT2D eigenvalue weighted by atomic mass is 10.2. The summed E-state index contributed by atoms with van der Waals surface area (Å²) in [5, 5.41) is 7.00. The Balaban J connectivity index is 1.79. The number of hydrogen-bond donors (Lipinski definition) is 1. The topological polar surface area (TPSA) is 85.6 Å². The van der Waals surface area contributed by atoms with Gasteiger partial charge in [0, 0.05) is 31.2 Å². The third-order valence-corrected chi connectivity index (χ3v) is 4.05. The molecule has 22 heavy (non-hydrogen) atoms. The summed E-state index contributed by atoms with van der Waals surface area (Å²) in [6.07, 6.45) is 6.83. The molecule has 0 aliphatic rings. The van der Waals surface area contributed by atoms with E-state index in [4.69, 9.17) is 0 Å². The van der Waals surface area contributed by atoms with Gasteiger partial charge >= 0.3 is 0 Å². The van der Waals surface area contributed by atoms with Crippen molar-refractivity contribution >= 4 is 17.2 Å². The van der Waals surface area contributed by atoms with E-state index in [0.29, 0.717) is 17.1 Å². The number of rotatable bonds is 4. The first-order chi connectivity index (χ1) is 10.6. The third-order valence-electron chi connectivity index (χ3n) is 3.12. The van der Waals surface area contributed by atoms with Crippen LogP contribution < -0.4 is 5.32 Å². The van der Waals surface area contributed by atoms with Crippen molar-refractivity contribution in [2.75, 3.05) is 0 Å². The first kappa shape index (κ1) is 14.3. The zero-order valence-electron chi connectivity index (χ0n) is 12.1. The molecule has 0 saturated heterocycles. The Morgan fingerprint density at radius 1 is 1.32 bits per heavy atom. The van der Waals surface area contributed by atoms with E-state index in [0.717, 1.165) is 17.0 Å². The van der Waals surface area contributed by atoms with Crippen molar-refractivity contribution in [1.29, 1.82) is 0 Å². The van der Waals surface area contributed by atoms with Gasteiger partial charge in [-0.25, -0.2) is 4.98 Å². The molecule has 1 amide bonds. The zero-order chi connectivity index (χ0) is 15.5. The largest absolute Gasteiger partial charge is 0.346 e. The minimum Gasteiger partial charge on any atom is -0.346 e. The smallest absolute Gasteiger partial charge is 0.263 e. The number of aromatic nitrogens is 5. The van der Waals surface area contributed by atoms with E-state index in [9.17, 15) is 4.79 Å². The van der Waals surface area contributed by atoms with Crippen LogP contribution in [0.5, 0.6) is 0 Å². The van der Waals surface area contributed by atoms with Gasteiger partial charge in [-0.05, 0) is 6.92 Å². The van der Waals surface area contributed by atoms with Crippen molar-refractivity contribution in [3.05, 3.63) is 46.6 Å². The summed E-state index contributed by atoms with van der Waals surface area (Å²) in [6, 6.07) is 0. The molecular weight excluding hydrogens is 300 g/mol. The number of thiazole rings is 1. The summed E-state index contributed by atoms with van der Waals surface area (Å²) in [7, 11) is 1.84. The van der Waals surface area contributed by atoms with Gasteiger partial charge < -0.3 is 5.32 Å². The Hall–Kier alpha value is -2.61. The number of nitrogens with one attached hydrogen (secondary N) is 1. The Kier molecular flexibility index (Phi) is 3.92. The molecule has 0 unspecified atom stereocenters. The number of nitrogens with zero attached hydrogens (tertiary/aromatic N) is 5. The van der Waals surface area contributed by atoms with E-state index in [2.05, 4.69) is 25.4 Å². The van der Waals surface area contributed by atoms with Gasteiger partial charge in [0.25, 0.3) is 5.91 Å². The first-order valence-electron chi connectivity index (χ1n) is 6.62. The second-order valence-corrected chi connectivity index (χ2v) is 5.56. The van der Waals surface area contributed by atoms with Crippen LogP contribution in [0, 0.1) is 6.92 Å². The molecule has 0 aliphatic heterocycles. The number of carbonyl (C=O) groups excluding carboxylic acids is 1. The van der Waals surface area contributed by atoms with E-state index in [1.807, 2.05) is 20.2 Å². The summed E-state index contributed by atoms with van der Waals surface area (Å²) < 4.78 is 1.70.